The van der Waals surface area contributed by atoms with Crippen LogP contribution in [0.5, 0.6) is 0 Å². The number of hydrogen-bond acceptors (Lipinski definition) is 8. The van der Waals surface area contributed by atoms with Gasteiger partial charge in [0.25, 0.3) is 7.82 Å². The molecule has 0 rings (SSSR count). The van der Waals surface area contributed by atoms with Crippen molar-refractivity contribution < 1.29 is 42.1 Å². The summed E-state index contributed by atoms with van der Waals surface area (Å²) in [5, 5.41) is 0. The van der Waals surface area contributed by atoms with Gasteiger partial charge in [0.1, 0.15) is 19.8 Å². The largest absolute Gasteiger partial charge is 0.756 e. The zero-order valence-electron chi connectivity index (χ0n) is 35.0. The molecule has 0 aliphatic carbocycles. The van der Waals surface area contributed by atoms with Crippen LogP contribution in [0.2, 0.25) is 0 Å². The summed E-state index contributed by atoms with van der Waals surface area (Å²) in [6.07, 6.45) is 38.1. The van der Waals surface area contributed by atoms with Crippen molar-refractivity contribution in [2.45, 2.75) is 193 Å². The van der Waals surface area contributed by atoms with Crippen molar-refractivity contribution in [3.63, 3.8) is 0 Å². The Morgan fingerprint density at radius 1 is 0.585 bits per heavy atom. The Morgan fingerprint density at radius 2 is 1.02 bits per heavy atom. The SMILES string of the molecule is CCCCCCC/C=C\C/C=C\CCCCCCCCCCCCCC(=O)OC(COC(=O)CCCCCCCC)COP(=O)([O-])OCC[N+](C)(C)C. The normalized spacial score (nSPS) is 13.8. The molecule has 0 saturated heterocycles. The number of likely N-dealkylation sites (N-methyl/N-ethyl adjacent to an activating group) is 1. The van der Waals surface area contributed by atoms with Gasteiger partial charge in [0.05, 0.1) is 27.7 Å². The molecule has 53 heavy (non-hydrogen) atoms. The average molecular weight is 772 g/mol. The molecule has 0 spiro atoms. The lowest BCUT2D eigenvalue weighted by Gasteiger charge is -2.28. The van der Waals surface area contributed by atoms with Gasteiger partial charge in [-0.05, 0) is 44.9 Å². The highest BCUT2D eigenvalue weighted by Gasteiger charge is 2.21. The molecule has 2 atom stereocenters. The highest BCUT2D eigenvalue weighted by Crippen LogP contribution is 2.38. The first-order valence-electron chi connectivity index (χ1n) is 21.5. The van der Waals surface area contributed by atoms with E-state index >= 15 is 0 Å². The molecular weight excluding hydrogens is 689 g/mol. The van der Waals surface area contributed by atoms with Gasteiger partial charge in [-0.2, -0.15) is 0 Å². The molecule has 0 saturated carbocycles. The zero-order valence-corrected chi connectivity index (χ0v) is 35.9. The molecule has 312 valence electrons. The van der Waals surface area contributed by atoms with E-state index in [4.69, 9.17) is 18.5 Å². The van der Waals surface area contributed by atoms with Gasteiger partial charge in [-0.1, -0.05) is 154 Å². The Bertz CT molecular complexity index is 964. The van der Waals surface area contributed by atoms with Gasteiger partial charge in [-0.25, -0.2) is 0 Å². The third-order valence-electron chi connectivity index (χ3n) is 9.22. The van der Waals surface area contributed by atoms with Crippen molar-refractivity contribution in [3.8, 4) is 0 Å². The number of carbonyl (C=O) groups excluding carboxylic acids is 2. The highest BCUT2D eigenvalue weighted by atomic mass is 31.2. The van der Waals surface area contributed by atoms with E-state index in [1.54, 1.807) is 0 Å². The zero-order chi connectivity index (χ0) is 39.3. The van der Waals surface area contributed by atoms with Crippen molar-refractivity contribution >= 4 is 19.8 Å². The number of rotatable bonds is 39. The molecule has 0 amide bonds. The first-order chi connectivity index (χ1) is 25.5. The molecule has 0 heterocycles. The predicted molar refractivity (Wildman–Crippen MR) is 218 cm³/mol. The summed E-state index contributed by atoms with van der Waals surface area (Å²) in [5.74, 6) is -0.843. The van der Waals surface area contributed by atoms with Crippen LogP contribution in [0.4, 0.5) is 0 Å². The number of hydrogen-bond donors (Lipinski definition) is 0. The summed E-state index contributed by atoms with van der Waals surface area (Å²) in [4.78, 5) is 37.2. The van der Waals surface area contributed by atoms with Crippen molar-refractivity contribution in [1.29, 1.82) is 0 Å². The summed E-state index contributed by atoms with van der Waals surface area (Å²) in [7, 11) is 1.17. The number of unbranched alkanes of at least 4 members (excludes halogenated alkanes) is 21. The molecular formula is C43H82NO8P. The molecule has 9 nitrogen and oxygen atoms in total. The van der Waals surface area contributed by atoms with Crippen LogP contribution in [0.1, 0.15) is 187 Å². The quantitative estimate of drug-likeness (QED) is 0.0200. The molecule has 0 bridgehead atoms. The Labute approximate surface area is 326 Å². The smallest absolute Gasteiger partial charge is 0.306 e. The van der Waals surface area contributed by atoms with E-state index in [-0.39, 0.29) is 26.1 Å². The number of nitrogens with zero attached hydrogens (tertiary/aromatic N) is 1. The molecule has 0 aromatic rings. The Hall–Kier alpha value is -1.51. The van der Waals surface area contributed by atoms with Crippen LogP contribution in [0, 0.1) is 0 Å². The molecule has 10 heteroatoms. The van der Waals surface area contributed by atoms with Gasteiger partial charge in [0.15, 0.2) is 6.10 Å². The van der Waals surface area contributed by atoms with Crippen LogP contribution in [-0.4, -0.2) is 70.0 Å². The number of phosphoric acid groups is 1. The number of phosphoric ester groups is 1. The van der Waals surface area contributed by atoms with Crippen LogP contribution in [0.3, 0.4) is 0 Å². The van der Waals surface area contributed by atoms with E-state index in [2.05, 4.69) is 38.2 Å². The Morgan fingerprint density at radius 3 is 1.49 bits per heavy atom. The maximum atomic E-state index is 12.6. The van der Waals surface area contributed by atoms with Crippen LogP contribution in [-0.2, 0) is 32.7 Å². The summed E-state index contributed by atoms with van der Waals surface area (Å²) in [5.41, 5.74) is 0. The number of esters is 2. The molecule has 0 radical (unpaired) electrons. The fraction of sp³-hybridized carbons (Fsp3) is 0.860. The number of ether oxygens (including phenoxy) is 2. The lowest BCUT2D eigenvalue weighted by molar-refractivity contribution is -0.870. The van der Waals surface area contributed by atoms with Crippen molar-refractivity contribution in [3.05, 3.63) is 24.3 Å². The second kappa shape index (κ2) is 36.1. The molecule has 0 aromatic heterocycles. The predicted octanol–water partition coefficient (Wildman–Crippen LogP) is 11.3. The van der Waals surface area contributed by atoms with Crippen molar-refractivity contribution in [1.82, 2.24) is 0 Å². The van der Waals surface area contributed by atoms with Crippen LogP contribution < -0.4 is 4.89 Å². The summed E-state index contributed by atoms with van der Waals surface area (Å²) < 4.78 is 33.7. The second-order valence-electron chi connectivity index (χ2n) is 15.7. The van der Waals surface area contributed by atoms with Gasteiger partial charge in [0.2, 0.25) is 0 Å². The third kappa shape index (κ3) is 40.0. The maximum Gasteiger partial charge on any atom is 0.306 e. The first kappa shape index (κ1) is 51.5. The van der Waals surface area contributed by atoms with Crippen LogP contribution in [0.15, 0.2) is 24.3 Å². The van der Waals surface area contributed by atoms with Gasteiger partial charge in [-0.15, -0.1) is 0 Å². The second-order valence-corrected chi connectivity index (χ2v) is 17.1. The summed E-state index contributed by atoms with van der Waals surface area (Å²) in [6, 6.07) is 0. The minimum Gasteiger partial charge on any atom is -0.756 e. The standard InChI is InChI=1S/C43H82NO8P/c1-6-8-10-12-14-15-16-17-18-19-20-21-22-23-24-25-26-27-28-29-30-32-34-36-43(46)52-41(39-49-42(45)35-33-31-13-11-9-7-2)40-51-53(47,48)50-38-37-44(3,4)5/h16-17,19-20,41H,6-15,18,21-40H2,1-5H3/b17-16-,20-19-. The fourth-order valence-electron chi connectivity index (χ4n) is 5.80. The monoisotopic (exact) mass is 772 g/mol. The number of carbonyl (C=O) groups is 2. The minimum atomic E-state index is -4.61. The molecule has 0 aliphatic rings. The first-order valence-corrected chi connectivity index (χ1v) is 23.0. The van der Waals surface area contributed by atoms with Gasteiger partial charge in [0, 0.05) is 12.8 Å². The van der Waals surface area contributed by atoms with Gasteiger partial charge < -0.3 is 27.9 Å². The minimum absolute atomic E-state index is 0.0298. The lowest BCUT2D eigenvalue weighted by atomic mass is 10.0. The molecule has 0 fully saturated rings. The summed E-state index contributed by atoms with van der Waals surface area (Å²) in [6.45, 7) is 4.15. The van der Waals surface area contributed by atoms with Crippen molar-refractivity contribution in [2.75, 3.05) is 47.5 Å². The number of allylic oxidation sites excluding steroid dienone is 4. The van der Waals surface area contributed by atoms with Gasteiger partial charge in [-0.3, -0.25) is 14.2 Å². The highest BCUT2D eigenvalue weighted by molar-refractivity contribution is 7.45. The third-order valence-corrected chi connectivity index (χ3v) is 10.2. The average Bonchev–Trinajstić information content (AvgIpc) is 3.10. The fourth-order valence-corrected chi connectivity index (χ4v) is 6.53. The van der Waals surface area contributed by atoms with E-state index in [0.29, 0.717) is 17.4 Å². The molecule has 0 aromatic carbocycles. The Kier molecular flexibility index (Phi) is 35.1. The van der Waals surface area contributed by atoms with E-state index in [9.17, 15) is 19.0 Å². The van der Waals surface area contributed by atoms with E-state index in [0.717, 1.165) is 51.4 Å². The molecule has 0 N–H and O–H groups in total. The van der Waals surface area contributed by atoms with E-state index in [1.807, 2.05) is 21.1 Å². The van der Waals surface area contributed by atoms with E-state index in [1.165, 1.54) is 103 Å². The van der Waals surface area contributed by atoms with Crippen LogP contribution in [0.25, 0.3) is 0 Å². The maximum absolute atomic E-state index is 12.6. The molecule has 0 aliphatic heterocycles. The topological polar surface area (TPSA) is 111 Å². The Balaban J connectivity index is 4.14. The van der Waals surface area contributed by atoms with Gasteiger partial charge >= 0.3 is 11.9 Å². The lowest BCUT2D eigenvalue weighted by Crippen LogP contribution is -2.37. The number of quaternary nitrogens is 1. The molecule has 2 unspecified atom stereocenters. The van der Waals surface area contributed by atoms with Crippen molar-refractivity contribution in [2.24, 2.45) is 0 Å². The van der Waals surface area contributed by atoms with Crippen LogP contribution >= 0.6 is 7.82 Å². The van der Waals surface area contributed by atoms with E-state index < -0.39 is 32.5 Å². The summed E-state index contributed by atoms with van der Waals surface area (Å²) >= 11 is 0.